The third kappa shape index (κ3) is 4.29. The standard InChI is InChI=1S/C15H20N2O2/c1-11(2)17(12(3)4)15(18)10-19-14-7-5-13(9-16)6-8-14/h5-8,11-12H,10H2,1-4H3. The van der Waals surface area contributed by atoms with Crippen LogP contribution in [0.2, 0.25) is 0 Å². The molecule has 0 heterocycles. The van der Waals surface area contributed by atoms with E-state index in [1.807, 2.05) is 33.8 Å². The number of rotatable bonds is 5. The van der Waals surface area contributed by atoms with Gasteiger partial charge in [-0.2, -0.15) is 5.26 Å². The first-order chi connectivity index (χ1) is 8.95. The van der Waals surface area contributed by atoms with E-state index in [-0.39, 0.29) is 24.6 Å². The van der Waals surface area contributed by atoms with E-state index in [0.29, 0.717) is 11.3 Å². The first kappa shape index (κ1) is 15.0. The van der Waals surface area contributed by atoms with E-state index in [1.165, 1.54) is 0 Å². The van der Waals surface area contributed by atoms with Gasteiger partial charge in [-0.25, -0.2) is 0 Å². The second-order valence-electron chi connectivity index (χ2n) is 4.91. The maximum absolute atomic E-state index is 12.1. The van der Waals surface area contributed by atoms with E-state index in [1.54, 1.807) is 29.2 Å². The summed E-state index contributed by atoms with van der Waals surface area (Å²) in [6.07, 6.45) is 0. The van der Waals surface area contributed by atoms with Crippen molar-refractivity contribution in [2.45, 2.75) is 39.8 Å². The van der Waals surface area contributed by atoms with Crippen molar-refractivity contribution in [3.05, 3.63) is 29.8 Å². The quantitative estimate of drug-likeness (QED) is 0.817. The van der Waals surface area contributed by atoms with Crippen LogP contribution in [0.25, 0.3) is 0 Å². The van der Waals surface area contributed by atoms with Gasteiger partial charge in [0.2, 0.25) is 0 Å². The third-order valence-electron chi connectivity index (χ3n) is 2.75. The molecular formula is C15H20N2O2. The highest BCUT2D eigenvalue weighted by molar-refractivity contribution is 5.78. The SMILES string of the molecule is CC(C)N(C(=O)COc1ccc(C#N)cc1)C(C)C. The number of carbonyl (C=O) groups excluding carboxylic acids is 1. The molecule has 0 aromatic heterocycles. The molecule has 102 valence electrons. The van der Waals surface area contributed by atoms with Crippen molar-refractivity contribution < 1.29 is 9.53 Å². The van der Waals surface area contributed by atoms with Gasteiger partial charge in [0.15, 0.2) is 6.61 Å². The van der Waals surface area contributed by atoms with Crippen molar-refractivity contribution in [2.75, 3.05) is 6.61 Å². The summed E-state index contributed by atoms with van der Waals surface area (Å²) in [7, 11) is 0. The van der Waals surface area contributed by atoms with Crippen LogP contribution < -0.4 is 4.74 Å². The van der Waals surface area contributed by atoms with Gasteiger partial charge in [0.25, 0.3) is 5.91 Å². The van der Waals surface area contributed by atoms with Crippen LogP contribution in [0.3, 0.4) is 0 Å². The Morgan fingerprint density at radius 2 is 1.74 bits per heavy atom. The predicted molar refractivity (Wildman–Crippen MR) is 73.8 cm³/mol. The predicted octanol–water partition coefficient (Wildman–Crippen LogP) is 2.58. The molecule has 0 fully saturated rings. The van der Waals surface area contributed by atoms with E-state index >= 15 is 0 Å². The summed E-state index contributed by atoms with van der Waals surface area (Å²) in [5, 5.41) is 8.69. The monoisotopic (exact) mass is 260 g/mol. The molecule has 0 bridgehead atoms. The molecule has 0 atom stereocenters. The summed E-state index contributed by atoms with van der Waals surface area (Å²) in [5.74, 6) is 0.564. The minimum atomic E-state index is -0.0330. The van der Waals surface area contributed by atoms with E-state index in [0.717, 1.165) is 0 Å². The van der Waals surface area contributed by atoms with Crippen LogP contribution in [-0.4, -0.2) is 29.5 Å². The molecule has 0 aliphatic carbocycles. The second-order valence-corrected chi connectivity index (χ2v) is 4.91. The number of nitrogens with zero attached hydrogens (tertiary/aromatic N) is 2. The fourth-order valence-electron chi connectivity index (χ4n) is 2.02. The van der Waals surface area contributed by atoms with Gasteiger partial charge in [-0.05, 0) is 52.0 Å². The number of nitriles is 1. The summed E-state index contributed by atoms with van der Waals surface area (Å²) in [4.78, 5) is 13.9. The van der Waals surface area contributed by atoms with Crippen LogP contribution in [0.15, 0.2) is 24.3 Å². The second kappa shape index (κ2) is 6.79. The molecule has 0 aliphatic heterocycles. The number of carbonyl (C=O) groups is 1. The Balaban J connectivity index is 2.60. The highest BCUT2D eigenvalue weighted by Gasteiger charge is 2.20. The highest BCUT2D eigenvalue weighted by atomic mass is 16.5. The number of hydrogen-bond acceptors (Lipinski definition) is 3. The lowest BCUT2D eigenvalue weighted by atomic mass is 10.2. The lowest BCUT2D eigenvalue weighted by molar-refractivity contribution is -0.136. The fourth-order valence-corrected chi connectivity index (χ4v) is 2.02. The molecule has 0 aliphatic rings. The Morgan fingerprint density at radius 3 is 2.16 bits per heavy atom. The molecule has 19 heavy (non-hydrogen) atoms. The minimum absolute atomic E-state index is 0.0161. The van der Waals surface area contributed by atoms with E-state index in [4.69, 9.17) is 10.00 Å². The number of amides is 1. The van der Waals surface area contributed by atoms with Crippen molar-refractivity contribution in [3.63, 3.8) is 0 Å². The van der Waals surface area contributed by atoms with Gasteiger partial charge in [0, 0.05) is 12.1 Å². The van der Waals surface area contributed by atoms with E-state index in [2.05, 4.69) is 0 Å². The smallest absolute Gasteiger partial charge is 0.260 e. The van der Waals surface area contributed by atoms with Gasteiger partial charge in [0.1, 0.15) is 5.75 Å². The van der Waals surface area contributed by atoms with Gasteiger partial charge < -0.3 is 9.64 Å². The number of ether oxygens (including phenoxy) is 1. The molecule has 1 aromatic carbocycles. The highest BCUT2D eigenvalue weighted by Crippen LogP contribution is 2.12. The number of benzene rings is 1. The Kier molecular flexibility index (Phi) is 5.37. The van der Waals surface area contributed by atoms with Gasteiger partial charge in [-0.15, -0.1) is 0 Å². The zero-order valence-electron chi connectivity index (χ0n) is 11.9. The normalized spacial score (nSPS) is 10.4. The van der Waals surface area contributed by atoms with E-state index < -0.39 is 0 Å². The molecular weight excluding hydrogens is 240 g/mol. The molecule has 4 nitrogen and oxygen atoms in total. The van der Waals surface area contributed by atoms with Crippen LogP contribution in [0, 0.1) is 11.3 Å². The molecule has 0 saturated carbocycles. The molecule has 1 aromatic rings. The maximum atomic E-state index is 12.1. The fraction of sp³-hybridized carbons (Fsp3) is 0.467. The molecule has 1 rings (SSSR count). The molecule has 1 amide bonds. The van der Waals surface area contributed by atoms with Crippen LogP contribution in [0.1, 0.15) is 33.3 Å². The summed E-state index contributed by atoms with van der Waals surface area (Å²) >= 11 is 0. The third-order valence-corrected chi connectivity index (χ3v) is 2.75. The summed E-state index contributed by atoms with van der Waals surface area (Å²) < 4.78 is 5.45. The Bertz CT molecular complexity index is 450. The average molecular weight is 260 g/mol. The largest absolute Gasteiger partial charge is 0.484 e. The number of hydrogen-bond donors (Lipinski definition) is 0. The topological polar surface area (TPSA) is 53.3 Å². The van der Waals surface area contributed by atoms with Crippen LogP contribution in [0.5, 0.6) is 5.75 Å². The Morgan fingerprint density at radius 1 is 1.21 bits per heavy atom. The zero-order chi connectivity index (χ0) is 14.4. The lowest BCUT2D eigenvalue weighted by Gasteiger charge is -2.30. The van der Waals surface area contributed by atoms with Crippen molar-refractivity contribution in [1.29, 1.82) is 5.26 Å². The van der Waals surface area contributed by atoms with Crippen LogP contribution >= 0.6 is 0 Å². The lowest BCUT2D eigenvalue weighted by Crippen LogP contribution is -2.44. The Hall–Kier alpha value is -2.02. The summed E-state index contributed by atoms with van der Waals surface area (Å²) in [5.41, 5.74) is 0.574. The van der Waals surface area contributed by atoms with Gasteiger partial charge in [-0.1, -0.05) is 0 Å². The van der Waals surface area contributed by atoms with Crippen molar-refractivity contribution in [3.8, 4) is 11.8 Å². The van der Waals surface area contributed by atoms with Crippen molar-refractivity contribution >= 4 is 5.91 Å². The first-order valence-electron chi connectivity index (χ1n) is 6.39. The molecule has 0 spiro atoms. The molecule has 0 unspecified atom stereocenters. The van der Waals surface area contributed by atoms with Crippen molar-refractivity contribution in [2.24, 2.45) is 0 Å². The van der Waals surface area contributed by atoms with Gasteiger partial charge in [-0.3, -0.25) is 4.79 Å². The van der Waals surface area contributed by atoms with E-state index in [9.17, 15) is 4.79 Å². The van der Waals surface area contributed by atoms with Gasteiger partial charge in [0.05, 0.1) is 11.6 Å². The Labute approximate surface area is 114 Å². The molecule has 0 radical (unpaired) electrons. The van der Waals surface area contributed by atoms with Gasteiger partial charge >= 0.3 is 0 Å². The summed E-state index contributed by atoms with van der Waals surface area (Å²) in [6, 6.07) is 9.07. The first-order valence-corrected chi connectivity index (χ1v) is 6.39. The van der Waals surface area contributed by atoms with Crippen LogP contribution in [0.4, 0.5) is 0 Å². The average Bonchev–Trinajstić information content (AvgIpc) is 2.36. The maximum Gasteiger partial charge on any atom is 0.260 e. The molecule has 4 heteroatoms. The zero-order valence-corrected chi connectivity index (χ0v) is 11.9. The molecule has 0 saturated heterocycles. The summed E-state index contributed by atoms with van der Waals surface area (Å²) in [6.45, 7) is 7.96. The van der Waals surface area contributed by atoms with Crippen LogP contribution in [-0.2, 0) is 4.79 Å². The minimum Gasteiger partial charge on any atom is -0.484 e. The molecule has 0 N–H and O–H groups in total. The van der Waals surface area contributed by atoms with Crippen molar-refractivity contribution in [1.82, 2.24) is 4.90 Å².